The molecular weight excluding hydrogens is 269 g/mol. The maximum Gasteiger partial charge on any atom is 0.435 e. The average Bonchev–Trinajstić information content (AvgIpc) is 2.39. The van der Waals surface area contributed by atoms with Gasteiger partial charge in [-0.3, -0.25) is 0 Å². The summed E-state index contributed by atoms with van der Waals surface area (Å²) in [5, 5.41) is 9.86. The predicted molar refractivity (Wildman–Crippen MR) is 70.4 cm³/mol. The van der Waals surface area contributed by atoms with Crippen LogP contribution in [0.2, 0.25) is 0 Å². The van der Waals surface area contributed by atoms with E-state index in [0.29, 0.717) is 5.82 Å². The predicted octanol–water partition coefficient (Wildman–Crippen LogP) is 2.78. The summed E-state index contributed by atoms with van der Waals surface area (Å²) in [6.45, 7) is 5.03. The molecule has 2 rings (SSSR count). The number of anilines is 1. The third-order valence-electron chi connectivity index (χ3n) is 3.33. The Balaban J connectivity index is 1.86. The molecule has 0 radical (unpaired) electrons. The number of alkyl halides is 3. The monoisotopic (exact) mass is 288 g/mol. The molecule has 20 heavy (non-hydrogen) atoms. The first kappa shape index (κ1) is 15.0. The molecule has 7 heteroatoms. The highest BCUT2D eigenvalue weighted by Gasteiger charge is 2.32. The van der Waals surface area contributed by atoms with E-state index < -0.39 is 11.9 Å². The smallest absolute Gasteiger partial charge is 0.365 e. The highest BCUT2D eigenvalue weighted by molar-refractivity contribution is 5.34. The highest BCUT2D eigenvalue weighted by Crippen LogP contribution is 2.27. The molecule has 1 atom stereocenters. The fraction of sp³-hybridized carbons (Fsp3) is 0.692. The van der Waals surface area contributed by atoms with Gasteiger partial charge in [0, 0.05) is 12.6 Å². The SMILES string of the molecule is CC(CN1CCCCC1)Nc1ccc(C(F)(F)F)nn1. The van der Waals surface area contributed by atoms with Crippen molar-refractivity contribution in [2.45, 2.75) is 38.4 Å². The van der Waals surface area contributed by atoms with Crippen LogP contribution in [0.1, 0.15) is 31.9 Å². The Morgan fingerprint density at radius 2 is 1.90 bits per heavy atom. The molecule has 1 fully saturated rings. The Morgan fingerprint density at radius 1 is 1.20 bits per heavy atom. The Hall–Kier alpha value is -1.37. The summed E-state index contributed by atoms with van der Waals surface area (Å²) in [6, 6.07) is 2.39. The minimum Gasteiger partial charge on any atom is -0.365 e. The standard InChI is InChI=1S/C13H19F3N4/c1-10(9-20-7-3-2-4-8-20)17-12-6-5-11(18-19-12)13(14,15)16/h5-6,10H,2-4,7-9H2,1H3,(H,17,19). The molecule has 0 bridgehead atoms. The molecule has 1 aliphatic heterocycles. The van der Waals surface area contributed by atoms with Crippen LogP contribution in [0.5, 0.6) is 0 Å². The maximum atomic E-state index is 12.4. The summed E-state index contributed by atoms with van der Waals surface area (Å²) >= 11 is 0. The van der Waals surface area contributed by atoms with E-state index in [1.54, 1.807) is 0 Å². The van der Waals surface area contributed by atoms with Crippen LogP contribution in [0.25, 0.3) is 0 Å². The molecule has 0 aromatic carbocycles. The van der Waals surface area contributed by atoms with Crippen molar-refractivity contribution in [1.29, 1.82) is 0 Å². The van der Waals surface area contributed by atoms with Gasteiger partial charge < -0.3 is 10.2 Å². The zero-order chi connectivity index (χ0) is 14.6. The molecule has 1 saturated heterocycles. The fourth-order valence-electron chi connectivity index (χ4n) is 2.39. The van der Waals surface area contributed by atoms with Gasteiger partial charge in [0.2, 0.25) is 0 Å². The molecule has 1 unspecified atom stereocenters. The molecule has 112 valence electrons. The van der Waals surface area contributed by atoms with Crippen molar-refractivity contribution < 1.29 is 13.2 Å². The Morgan fingerprint density at radius 3 is 2.45 bits per heavy atom. The van der Waals surface area contributed by atoms with E-state index >= 15 is 0 Å². The Labute approximate surface area is 116 Å². The second-order valence-electron chi connectivity index (χ2n) is 5.21. The van der Waals surface area contributed by atoms with Crippen LogP contribution in [0.3, 0.4) is 0 Å². The van der Waals surface area contributed by atoms with Crippen molar-refractivity contribution in [2.75, 3.05) is 25.0 Å². The first-order chi connectivity index (χ1) is 9.45. The van der Waals surface area contributed by atoms with Gasteiger partial charge >= 0.3 is 6.18 Å². The van der Waals surface area contributed by atoms with Crippen molar-refractivity contribution in [3.63, 3.8) is 0 Å². The van der Waals surface area contributed by atoms with Gasteiger partial charge in [-0.1, -0.05) is 6.42 Å². The van der Waals surface area contributed by atoms with Gasteiger partial charge in [-0.05, 0) is 45.0 Å². The van der Waals surface area contributed by atoms with Crippen LogP contribution in [0.15, 0.2) is 12.1 Å². The highest BCUT2D eigenvalue weighted by atomic mass is 19.4. The lowest BCUT2D eigenvalue weighted by atomic mass is 10.1. The van der Waals surface area contributed by atoms with Crippen molar-refractivity contribution in [3.05, 3.63) is 17.8 Å². The van der Waals surface area contributed by atoms with E-state index in [1.807, 2.05) is 6.92 Å². The summed E-state index contributed by atoms with van der Waals surface area (Å²) in [5.74, 6) is 0.377. The number of likely N-dealkylation sites (tertiary alicyclic amines) is 1. The molecule has 0 saturated carbocycles. The zero-order valence-electron chi connectivity index (χ0n) is 11.5. The van der Waals surface area contributed by atoms with E-state index in [0.717, 1.165) is 25.7 Å². The fourth-order valence-corrected chi connectivity index (χ4v) is 2.39. The maximum absolute atomic E-state index is 12.4. The van der Waals surface area contributed by atoms with Gasteiger partial charge in [0.15, 0.2) is 5.69 Å². The number of halogens is 3. The van der Waals surface area contributed by atoms with Gasteiger partial charge in [0.25, 0.3) is 0 Å². The molecule has 0 aliphatic carbocycles. The minimum atomic E-state index is -4.44. The summed E-state index contributed by atoms with van der Waals surface area (Å²) < 4.78 is 37.1. The first-order valence-corrected chi connectivity index (χ1v) is 6.85. The van der Waals surface area contributed by atoms with Crippen LogP contribution in [-0.2, 0) is 6.18 Å². The van der Waals surface area contributed by atoms with Gasteiger partial charge in [-0.15, -0.1) is 10.2 Å². The van der Waals surface area contributed by atoms with Crippen molar-refractivity contribution in [1.82, 2.24) is 15.1 Å². The Kier molecular flexibility index (Phi) is 4.80. The molecular formula is C13H19F3N4. The number of hydrogen-bond donors (Lipinski definition) is 1. The summed E-state index contributed by atoms with van der Waals surface area (Å²) in [6.07, 6.45) is -0.729. The van der Waals surface area contributed by atoms with Crippen LogP contribution >= 0.6 is 0 Å². The first-order valence-electron chi connectivity index (χ1n) is 6.85. The van der Waals surface area contributed by atoms with E-state index in [-0.39, 0.29) is 6.04 Å². The van der Waals surface area contributed by atoms with Gasteiger partial charge in [-0.25, -0.2) is 0 Å². The third kappa shape index (κ3) is 4.33. The van der Waals surface area contributed by atoms with Crippen molar-refractivity contribution in [3.8, 4) is 0 Å². The number of nitrogens with zero attached hydrogens (tertiary/aromatic N) is 3. The summed E-state index contributed by atoms with van der Waals surface area (Å²) in [5.41, 5.74) is -0.966. The molecule has 2 heterocycles. The lowest BCUT2D eigenvalue weighted by Gasteiger charge is -2.29. The molecule has 1 aliphatic rings. The van der Waals surface area contributed by atoms with Crippen molar-refractivity contribution >= 4 is 5.82 Å². The minimum absolute atomic E-state index is 0.124. The number of rotatable bonds is 4. The molecule has 1 N–H and O–H groups in total. The van der Waals surface area contributed by atoms with Crippen LogP contribution in [0, 0.1) is 0 Å². The Bertz CT molecular complexity index is 413. The average molecular weight is 288 g/mol. The molecule has 4 nitrogen and oxygen atoms in total. The van der Waals surface area contributed by atoms with E-state index in [4.69, 9.17) is 0 Å². The van der Waals surface area contributed by atoms with E-state index in [2.05, 4.69) is 20.4 Å². The number of piperidine rings is 1. The second kappa shape index (κ2) is 6.39. The summed E-state index contributed by atoms with van der Waals surface area (Å²) in [7, 11) is 0. The topological polar surface area (TPSA) is 41.0 Å². The van der Waals surface area contributed by atoms with Gasteiger partial charge in [0.1, 0.15) is 5.82 Å². The van der Waals surface area contributed by atoms with Gasteiger partial charge in [0.05, 0.1) is 0 Å². The van der Waals surface area contributed by atoms with E-state index in [1.165, 1.54) is 25.3 Å². The van der Waals surface area contributed by atoms with Crippen LogP contribution in [0.4, 0.5) is 19.0 Å². The second-order valence-corrected chi connectivity index (χ2v) is 5.21. The lowest BCUT2D eigenvalue weighted by Crippen LogP contribution is -2.38. The molecule has 1 aromatic heterocycles. The molecule has 0 spiro atoms. The lowest BCUT2D eigenvalue weighted by molar-refractivity contribution is -0.141. The van der Waals surface area contributed by atoms with Gasteiger partial charge in [-0.2, -0.15) is 13.2 Å². The third-order valence-corrected chi connectivity index (χ3v) is 3.33. The quantitative estimate of drug-likeness (QED) is 0.925. The number of hydrogen-bond acceptors (Lipinski definition) is 4. The van der Waals surface area contributed by atoms with Crippen LogP contribution < -0.4 is 5.32 Å². The zero-order valence-corrected chi connectivity index (χ0v) is 11.5. The number of aromatic nitrogens is 2. The summed E-state index contributed by atoms with van der Waals surface area (Å²) in [4.78, 5) is 2.36. The van der Waals surface area contributed by atoms with E-state index in [9.17, 15) is 13.2 Å². The van der Waals surface area contributed by atoms with Crippen molar-refractivity contribution in [2.24, 2.45) is 0 Å². The normalized spacial score (nSPS) is 18.8. The number of nitrogens with one attached hydrogen (secondary N) is 1. The molecule has 0 amide bonds. The largest absolute Gasteiger partial charge is 0.435 e. The van der Waals surface area contributed by atoms with Crippen LogP contribution in [-0.4, -0.2) is 40.8 Å². The molecule has 1 aromatic rings.